The summed E-state index contributed by atoms with van der Waals surface area (Å²) in [6.07, 6.45) is 5.26. The van der Waals surface area contributed by atoms with Crippen LogP contribution in [-0.4, -0.2) is 35.4 Å². The summed E-state index contributed by atoms with van der Waals surface area (Å²) < 4.78 is 21.5. The first-order chi connectivity index (χ1) is 16.5. The van der Waals surface area contributed by atoms with Gasteiger partial charge >= 0.3 is 0 Å². The van der Waals surface area contributed by atoms with Crippen LogP contribution in [0.1, 0.15) is 31.7 Å². The molecule has 0 spiro atoms. The fourth-order valence-corrected chi connectivity index (χ4v) is 5.91. The van der Waals surface area contributed by atoms with E-state index in [0.29, 0.717) is 0 Å². The molecule has 1 heterocycles. The Morgan fingerprint density at radius 2 is 1.85 bits per heavy atom. The van der Waals surface area contributed by atoms with Gasteiger partial charge in [0, 0.05) is 24.8 Å². The zero-order chi connectivity index (χ0) is 24.1. The van der Waals surface area contributed by atoms with E-state index in [9.17, 15) is 9.50 Å². The highest BCUT2D eigenvalue weighted by Gasteiger charge is 2.30. The Labute approximate surface area is 210 Å². The number of phenols is 1. The monoisotopic (exact) mass is 498 g/mol. The molecule has 0 saturated carbocycles. The van der Waals surface area contributed by atoms with Gasteiger partial charge in [0.25, 0.3) is 0 Å². The third-order valence-corrected chi connectivity index (χ3v) is 8.05. The molecule has 3 aromatic carbocycles. The van der Waals surface area contributed by atoms with Crippen LogP contribution in [0.15, 0.2) is 70.5 Å². The molecule has 1 N–H and O–H groups in total. The molecule has 0 amide bonds. The number of benzene rings is 3. The van der Waals surface area contributed by atoms with Crippen LogP contribution in [0.3, 0.4) is 0 Å². The highest BCUT2D eigenvalue weighted by atomic mass is 32.2. The summed E-state index contributed by atoms with van der Waals surface area (Å²) in [6, 6.07) is 19.1. The lowest BCUT2D eigenvalue weighted by Crippen LogP contribution is -2.37. The van der Waals surface area contributed by atoms with E-state index in [1.165, 1.54) is 29.5 Å². The number of hydrogen-bond donors (Lipinski definition) is 1. The fourth-order valence-electron chi connectivity index (χ4n) is 4.20. The molecule has 0 saturated heterocycles. The minimum Gasteiger partial charge on any atom is -0.507 e. The molecule has 3 aromatic rings. The van der Waals surface area contributed by atoms with Crippen LogP contribution in [0.2, 0.25) is 0 Å². The van der Waals surface area contributed by atoms with Gasteiger partial charge in [0.2, 0.25) is 0 Å². The molecule has 0 aliphatic carbocycles. The van der Waals surface area contributed by atoms with Gasteiger partial charge in [-0.15, -0.1) is 11.8 Å². The number of fused-ring (bicyclic) bond motifs is 1. The van der Waals surface area contributed by atoms with E-state index in [0.717, 1.165) is 59.3 Å². The molecule has 1 aliphatic heterocycles. The Morgan fingerprint density at radius 3 is 2.50 bits per heavy atom. The minimum absolute atomic E-state index is 0.243. The number of unbranched alkanes of at least 4 members (excludes halogenated alkanes) is 1. The number of ether oxygens (including phenoxy) is 1. The number of methoxy groups -OCH3 is 1. The van der Waals surface area contributed by atoms with Crippen molar-refractivity contribution in [2.75, 3.05) is 24.8 Å². The molecule has 0 radical (unpaired) electrons. The van der Waals surface area contributed by atoms with Gasteiger partial charge in [-0.05, 0) is 78.7 Å². The van der Waals surface area contributed by atoms with E-state index in [1.54, 1.807) is 19.1 Å². The summed E-state index contributed by atoms with van der Waals surface area (Å²) in [6.45, 7) is 3.76. The van der Waals surface area contributed by atoms with Crippen LogP contribution in [0.25, 0.3) is 0 Å². The van der Waals surface area contributed by atoms with Crippen molar-refractivity contribution in [1.29, 1.82) is 0 Å². The summed E-state index contributed by atoms with van der Waals surface area (Å²) >= 11 is 3.22. The minimum atomic E-state index is -0.243. The highest BCUT2D eigenvalue weighted by molar-refractivity contribution is 7.98. The van der Waals surface area contributed by atoms with Crippen LogP contribution in [-0.2, 0) is 6.54 Å². The third kappa shape index (κ3) is 5.65. The third-order valence-electron chi connectivity index (χ3n) is 6.09. The summed E-state index contributed by atoms with van der Waals surface area (Å²) in [5, 5.41) is 10.7. The predicted molar refractivity (Wildman–Crippen MR) is 141 cm³/mol. The Bertz CT molecular complexity index is 1090. The molecular formula is C27H31FN2O2S2. The van der Waals surface area contributed by atoms with Crippen LogP contribution in [0, 0.1) is 5.82 Å². The number of thioether (sulfide) groups is 1. The largest absolute Gasteiger partial charge is 0.507 e. The molecule has 180 valence electrons. The van der Waals surface area contributed by atoms with Crippen molar-refractivity contribution in [1.82, 2.24) is 4.31 Å². The zero-order valence-electron chi connectivity index (χ0n) is 19.8. The number of phenolic OH excluding ortho intramolecular Hbond substituents is 1. The van der Waals surface area contributed by atoms with Gasteiger partial charge in [-0.3, -0.25) is 0 Å². The summed E-state index contributed by atoms with van der Waals surface area (Å²) in [7, 11) is 1.68. The van der Waals surface area contributed by atoms with Crippen LogP contribution in [0.4, 0.5) is 15.8 Å². The first kappa shape index (κ1) is 24.8. The number of halogens is 1. The Kier molecular flexibility index (Phi) is 8.29. The van der Waals surface area contributed by atoms with Gasteiger partial charge in [-0.2, -0.15) is 0 Å². The SMILES string of the molecule is CCCCC1CN(c2ccc(F)cc2)c2cc(SC)c(O)cc2SN1Cc1ccc(OC)cc1. The first-order valence-electron chi connectivity index (χ1n) is 11.5. The zero-order valence-corrected chi connectivity index (χ0v) is 21.5. The van der Waals surface area contributed by atoms with Crippen LogP contribution < -0.4 is 9.64 Å². The van der Waals surface area contributed by atoms with Crippen molar-refractivity contribution < 1.29 is 14.2 Å². The van der Waals surface area contributed by atoms with Gasteiger partial charge in [0.15, 0.2) is 0 Å². The van der Waals surface area contributed by atoms with Gasteiger partial charge < -0.3 is 14.7 Å². The first-order valence-corrected chi connectivity index (χ1v) is 13.5. The van der Waals surface area contributed by atoms with Crippen molar-refractivity contribution in [3.8, 4) is 11.5 Å². The second-order valence-electron chi connectivity index (χ2n) is 8.39. The van der Waals surface area contributed by atoms with Gasteiger partial charge in [0.1, 0.15) is 17.3 Å². The number of hydrogen-bond acceptors (Lipinski definition) is 6. The second-order valence-corrected chi connectivity index (χ2v) is 10.3. The molecule has 0 fully saturated rings. The van der Waals surface area contributed by atoms with E-state index in [1.807, 2.05) is 36.6 Å². The maximum Gasteiger partial charge on any atom is 0.130 e. The molecule has 1 unspecified atom stereocenters. The summed E-state index contributed by atoms with van der Waals surface area (Å²) in [5.74, 6) is 0.888. The van der Waals surface area contributed by atoms with Gasteiger partial charge in [-0.1, -0.05) is 31.9 Å². The van der Waals surface area contributed by atoms with Gasteiger partial charge in [-0.25, -0.2) is 8.70 Å². The lowest BCUT2D eigenvalue weighted by Gasteiger charge is -2.32. The molecule has 34 heavy (non-hydrogen) atoms. The van der Waals surface area contributed by atoms with E-state index in [-0.39, 0.29) is 17.6 Å². The standard InChI is InChI=1S/C27H31FN2O2S2/c1-4-5-6-22-18-29(21-11-9-20(28)10-12-21)24-15-27(33-3)25(31)16-26(24)34-30(22)17-19-7-13-23(32-2)14-8-19/h7-16,22,31H,4-6,17-18H2,1-3H3. The molecule has 4 rings (SSSR count). The molecule has 4 nitrogen and oxygen atoms in total. The number of anilines is 2. The molecule has 0 aromatic heterocycles. The predicted octanol–water partition coefficient (Wildman–Crippen LogP) is 7.48. The average molecular weight is 499 g/mol. The average Bonchev–Trinajstić information content (AvgIpc) is 2.99. The number of aromatic hydroxyl groups is 1. The quantitative estimate of drug-likeness (QED) is 0.256. The van der Waals surface area contributed by atoms with Crippen molar-refractivity contribution in [3.63, 3.8) is 0 Å². The second kappa shape index (κ2) is 11.4. The molecule has 1 atom stereocenters. The number of nitrogens with zero attached hydrogens (tertiary/aromatic N) is 2. The Balaban J connectivity index is 1.75. The maximum atomic E-state index is 13.7. The summed E-state index contributed by atoms with van der Waals surface area (Å²) in [4.78, 5) is 4.10. The topological polar surface area (TPSA) is 35.9 Å². The van der Waals surface area contributed by atoms with Crippen molar-refractivity contribution >= 4 is 35.1 Å². The molecule has 7 heteroatoms. The van der Waals surface area contributed by atoms with Crippen molar-refractivity contribution in [3.05, 3.63) is 72.0 Å². The lowest BCUT2D eigenvalue weighted by molar-refractivity contribution is 0.328. The smallest absolute Gasteiger partial charge is 0.130 e. The van der Waals surface area contributed by atoms with E-state index >= 15 is 0 Å². The van der Waals surface area contributed by atoms with E-state index in [2.05, 4.69) is 34.3 Å². The van der Waals surface area contributed by atoms with Crippen LogP contribution in [0.5, 0.6) is 11.5 Å². The molecule has 0 bridgehead atoms. The van der Waals surface area contributed by atoms with E-state index in [4.69, 9.17) is 4.74 Å². The maximum absolute atomic E-state index is 13.7. The Morgan fingerprint density at radius 1 is 1.12 bits per heavy atom. The highest BCUT2D eigenvalue weighted by Crippen LogP contribution is 2.46. The summed E-state index contributed by atoms with van der Waals surface area (Å²) in [5.41, 5.74) is 3.20. The molecular weight excluding hydrogens is 467 g/mol. The van der Waals surface area contributed by atoms with Crippen LogP contribution >= 0.6 is 23.7 Å². The van der Waals surface area contributed by atoms with Gasteiger partial charge in [0.05, 0.1) is 22.6 Å². The molecule has 1 aliphatic rings. The normalized spacial score (nSPS) is 16.2. The number of rotatable bonds is 8. The fraction of sp³-hybridized carbons (Fsp3) is 0.333. The van der Waals surface area contributed by atoms with Crippen molar-refractivity contribution in [2.45, 2.75) is 48.6 Å². The Hall–Kier alpha value is -2.35. The lowest BCUT2D eigenvalue weighted by atomic mass is 10.1. The van der Waals surface area contributed by atoms with E-state index < -0.39 is 0 Å². The van der Waals surface area contributed by atoms with Crippen molar-refractivity contribution in [2.24, 2.45) is 0 Å².